The van der Waals surface area contributed by atoms with Crippen molar-refractivity contribution < 1.29 is 14.7 Å². The van der Waals surface area contributed by atoms with E-state index in [4.69, 9.17) is 10.8 Å². The van der Waals surface area contributed by atoms with E-state index in [1.54, 1.807) is 0 Å². The number of hydrogen-bond acceptors (Lipinski definition) is 2. The standard InChI is InChI=1S/C10H11NO.C5H10O2/c1-8(10(11)12)7-9-5-3-2-4-6-9;1-4(2)3-5(6)7/h2-6H,1,7H2,(H2,11,12);4H,3H2,1-2H3,(H,6,7). The van der Waals surface area contributed by atoms with Gasteiger partial charge in [0.05, 0.1) is 0 Å². The third-order valence-corrected chi connectivity index (χ3v) is 2.19. The molecule has 0 heterocycles. The van der Waals surface area contributed by atoms with Crippen LogP contribution in [0.15, 0.2) is 42.5 Å². The molecule has 0 aliphatic carbocycles. The molecule has 0 aromatic heterocycles. The largest absolute Gasteiger partial charge is 0.481 e. The molecule has 19 heavy (non-hydrogen) atoms. The fraction of sp³-hybridized carbons (Fsp3) is 0.333. The fourth-order valence-electron chi connectivity index (χ4n) is 1.28. The highest BCUT2D eigenvalue weighted by Gasteiger charge is 2.01. The van der Waals surface area contributed by atoms with Crippen molar-refractivity contribution in [2.45, 2.75) is 26.7 Å². The number of hydrogen-bond donors (Lipinski definition) is 2. The SMILES string of the molecule is C=C(Cc1ccccc1)C(N)=O.CC(C)CC(=O)O. The third-order valence-electron chi connectivity index (χ3n) is 2.19. The van der Waals surface area contributed by atoms with Crippen LogP contribution in [0.2, 0.25) is 0 Å². The summed E-state index contributed by atoms with van der Waals surface area (Å²) in [6, 6.07) is 9.64. The topological polar surface area (TPSA) is 80.4 Å². The number of carbonyl (C=O) groups excluding carboxylic acids is 1. The molecule has 0 saturated carbocycles. The Morgan fingerprint density at radius 2 is 1.79 bits per heavy atom. The lowest BCUT2D eigenvalue weighted by Crippen LogP contribution is -2.14. The first-order chi connectivity index (χ1) is 8.82. The van der Waals surface area contributed by atoms with E-state index in [9.17, 15) is 9.59 Å². The van der Waals surface area contributed by atoms with Gasteiger partial charge in [0.1, 0.15) is 0 Å². The van der Waals surface area contributed by atoms with Gasteiger partial charge in [0.15, 0.2) is 0 Å². The van der Waals surface area contributed by atoms with E-state index in [2.05, 4.69) is 6.58 Å². The molecule has 0 atom stereocenters. The zero-order valence-corrected chi connectivity index (χ0v) is 11.4. The molecule has 0 unspecified atom stereocenters. The van der Waals surface area contributed by atoms with Gasteiger partial charge in [-0.3, -0.25) is 9.59 Å². The zero-order valence-electron chi connectivity index (χ0n) is 11.4. The van der Waals surface area contributed by atoms with Crippen molar-refractivity contribution >= 4 is 11.9 Å². The molecule has 0 bridgehead atoms. The van der Waals surface area contributed by atoms with Crippen molar-refractivity contribution in [2.75, 3.05) is 0 Å². The average molecular weight is 263 g/mol. The summed E-state index contributed by atoms with van der Waals surface area (Å²) in [6.07, 6.45) is 0.816. The second-order valence-electron chi connectivity index (χ2n) is 4.62. The highest BCUT2D eigenvalue weighted by atomic mass is 16.4. The Morgan fingerprint density at radius 1 is 1.26 bits per heavy atom. The first-order valence-electron chi connectivity index (χ1n) is 6.06. The maximum atomic E-state index is 10.6. The minimum absolute atomic E-state index is 0.275. The number of benzene rings is 1. The van der Waals surface area contributed by atoms with E-state index in [-0.39, 0.29) is 12.3 Å². The van der Waals surface area contributed by atoms with Crippen LogP contribution in [0.4, 0.5) is 0 Å². The molecule has 0 aliphatic heterocycles. The van der Waals surface area contributed by atoms with Crippen LogP contribution in [0.25, 0.3) is 0 Å². The second-order valence-corrected chi connectivity index (χ2v) is 4.62. The van der Waals surface area contributed by atoms with Crippen molar-refractivity contribution in [3.05, 3.63) is 48.0 Å². The smallest absolute Gasteiger partial charge is 0.303 e. The van der Waals surface area contributed by atoms with Crippen molar-refractivity contribution in [3.8, 4) is 0 Å². The van der Waals surface area contributed by atoms with Gasteiger partial charge >= 0.3 is 5.97 Å². The molecule has 0 radical (unpaired) electrons. The lowest BCUT2D eigenvalue weighted by atomic mass is 10.1. The number of nitrogens with two attached hydrogens (primary N) is 1. The summed E-state index contributed by atoms with van der Waals surface area (Å²) in [5.74, 6) is -0.869. The molecular formula is C15H21NO3. The van der Waals surface area contributed by atoms with Gasteiger partial charge in [-0.1, -0.05) is 50.8 Å². The Bertz CT molecular complexity index is 424. The minimum atomic E-state index is -0.713. The third kappa shape index (κ3) is 9.59. The van der Waals surface area contributed by atoms with E-state index in [0.717, 1.165) is 5.56 Å². The van der Waals surface area contributed by atoms with E-state index in [1.807, 2.05) is 44.2 Å². The van der Waals surface area contributed by atoms with E-state index in [1.165, 1.54) is 0 Å². The molecule has 4 nitrogen and oxygen atoms in total. The first-order valence-corrected chi connectivity index (χ1v) is 6.06. The molecule has 1 amide bonds. The average Bonchev–Trinajstić information content (AvgIpc) is 2.29. The minimum Gasteiger partial charge on any atom is -0.481 e. The molecule has 3 N–H and O–H groups in total. The molecule has 1 aromatic rings. The van der Waals surface area contributed by atoms with E-state index in [0.29, 0.717) is 12.0 Å². The van der Waals surface area contributed by atoms with Gasteiger partial charge in [-0.15, -0.1) is 0 Å². The van der Waals surface area contributed by atoms with Gasteiger partial charge < -0.3 is 10.8 Å². The maximum Gasteiger partial charge on any atom is 0.303 e. The number of rotatable bonds is 5. The van der Waals surface area contributed by atoms with Crippen molar-refractivity contribution in [2.24, 2.45) is 11.7 Å². The van der Waals surface area contributed by atoms with Crippen LogP contribution in [0.5, 0.6) is 0 Å². The van der Waals surface area contributed by atoms with E-state index < -0.39 is 11.9 Å². The predicted molar refractivity (Wildman–Crippen MR) is 75.6 cm³/mol. The number of aliphatic carboxylic acids is 1. The molecule has 4 heteroatoms. The van der Waals surface area contributed by atoms with Gasteiger partial charge in [-0.25, -0.2) is 0 Å². The van der Waals surface area contributed by atoms with E-state index >= 15 is 0 Å². The molecule has 104 valence electrons. The van der Waals surface area contributed by atoms with Crippen LogP contribution >= 0.6 is 0 Å². The summed E-state index contributed by atoms with van der Waals surface area (Å²) < 4.78 is 0. The van der Waals surface area contributed by atoms with Crippen molar-refractivity contribution in [1.82, 2.24) is 0 Å². The Labute approximate surface area is 113 Å². The lowest BCUT2D eigenvalue weighted by molar-refractivity contribution is -0.137. The molecule has 0 saturated heterocycles. The number of amides is 1. The van der Waals surface area contributed by atoms with Crippen LogP contribution in [-0.4, -0.2) is 17.0 Å². The van der Waals surface area contributed by atoms with Crippen LogP contribution < -0.4 is 5.73 Å². The number of primary amides is 1. The fourth-order valence-corrected chi connectivity index (χ4v) is 1.28. The van der Waals surface area contributed by atoms with Crippen molar-refractivity contribution in [1.29, 1.82) is 0 Å². The van der Waals surface area contributed by atoms with Crippen LogP contribution in [-0.2, 0) is 16.0 Å². The summed E-state index contributed by atoms with van der Waals surface area (Å²) in [5.41, 5.74) is 6.55. The molecule has 0 fully saturated rings. The molecular weight excluding hydrogens is 242 g/mol. The van der Waals surface area contributed by atoms with Crippen LogP contribution in [0.3, 0.4) is 0 Å². The van der Waals surface area contributed by atoms with Gasteiger partial charge in [0.2, 0.25) is 5.91 Å². The lowest BCUT2D eigenvalue weighted by Gasteiger charge is -2.00. The second kappa shape index (κ2) is 8.91. The van der Waals surface area contributed by atoms with Crippen LogP contribution in [0.1, 0.15) is 25.8 Å². The van der Waals surface area contributed by atoms with Crippen molar-refractivity contribution in [3.63, 3.8) is 0 Å². The Kier molecular flexibility index (Phi) is 7.93. The van der Waals surface area contributed by atoms with Gasteiger partial charge in [0, 0.05) is 18.4 Å². The monoisotopic (exact) mass is 263 g/mol. The highest BCUT2D eigenvalue weighted by Crippen LogP contribution is 2.04. The van der Waals surface area contributed by atoms with Gasteiger partial charge in [0.25, 0.3) is 0 Å². The Morgan fingerprint density at radius 3 is 2.11 bits per heavy atom. The summed E-state index contributed by atoms with van der Waals surface area (Å²) >= 11 is 0. The van der Waals surface area contributed by atoms with Gasteiger partial charge in [-0.2, -0.15) is 0 Å². The maximum absolute atomic E-state index is 10.6. The Hall–Kier alpha value is -2.10. The van der Waals surface area contributed by atoms with Gasteiger partial charge in [-0.05, 0) is 11.5 Å². The summed E-state index contributed by atoms with van der Waals surface area (Å²) in [7, 11) is 0. The predicted octanol–water partition coefficient (Wildman–Crippen LogP) is 2.39. The first kappa shape index (κ1) is 16.9. The number of carboxylic acid groups (broad SMARTS) is 1. The highest BCUT2D eigenvalue weighted by molar-refractivity contribution is 5.91. The summed E-state index contributed by atoms with van der Waals surface area (Å²) in [5, 5.41) is 8.08. The number of carboxylic acids is 1. The zero-order chi connectivity index (χ0) is 14.8. The Balaban J connectivity index is 0.000000399. The normalized spacial score (nSPS) is 9.42. The summed E-state index contributed by atoms with van der Waals surface area (Å²) in [6.45, 7) is 7.34. The van der Waals surface area contributed by atoms with Crippen LogP contribution in [0, 0.1) is 5.92 Å². The molecule has 1 aromatic carbocycles. The quantitative estimate of drug-likeness (QED) is 0.800. The molecule has 0 spiro atoms. The summed E-state index contributed by atoms with van der Waals surface area (Å²) in [4.78, 5) is 20.4. The molecule has 0 aliphatic rings. The molecule has 1 rings (SSSR count). The number of carbonyl (C=O) groups is 2.